The van der Waals surface area contributed by atoms with Crippen molar-refractivity contribution in [2.24, 2.45) is 0 Å². The number of benzene rings is 1. The third-order valence-electron chi connectivity index (χ3n) is 4.99. The van der Waals surface area contributed by atoms with Gasteiger partial charge in [-0.3, -0.25) is 4.79 Å². The van der Waals surface area contributed by atoms with Gasteiger partial charge in [0.05, 0.1) is 24.0 Å². The lowest BCUT2D eigenvalue weighted by molar-refractivity contribution is -0.121. The fourth-order valence-electron chi connectivity index (χ4n) is 3.56. The van der Waals surface area contributed by atoms with E-state index in [0.717, 1.165) is 5.41 Å². The van der Waals surface area contributed by atoms with Gasteiger partial charge >= 0.3 is 11.9 Å². The quantitative estimate of drug-likeness (QED) is 0.629. The largest absolute Gasteiger partial charge is 0.462 e. The zero-order valence-electron chi connectivity index (χ0n) is 18.0. The Labute approximate surface area is 185 Å². The lowest BCUT2D eigenvalue weighted by atomic mass is 10.1. The number of ether oxygens (including phenoxy) is 2. The predicted octanol–water partition coefficient (Wildman–Crippen LogP) is 2.31. The molecule has 1 aliphatic rings. The highest BCUT2D eigenvalue weighted by atomic mass is 32.2. The fraction of sp³-hybridized carbons (Fsp3) is 0.318. The molecule has 1 unspecified atom stereocenters. The molecule has 0 saturated heterocycles. The van der Waals surface area contributed by atoms with Crippen molar-refractivity contribution in [3.05, 3.63) is 64.3 Å². The molecule has 0 bridgehead atoms. The van der Waals surface area contributed by atoms with Gasteiger partial charge in [0.1, 0.15) is 5.69 Å². The third-order valence-corrected chi connectivity index (χ3v) is 6.37. The molecule has 10 heteroatoms. The molecule has 0 aliphatic carbocycles. The normalized spacial score (nSPS) is 16.5. The average Bonchev–Trinajstić information content (AvgIpc) is 3.25. The lowest BCUT2D eigenvalue weighted by Crippen LogP contribution is -2.43. The van der Waals surface area contributed by atoms with Crippen LogP contribution in [0, 0.1) is 13.8 Å². The molecule has 1 aromatic heterocycles. The molecule has 32 heavy (non-hydrogen) atoms. The van der Waals surface area contributed by atoms with Crippen molar-refractivity contribution >= 4 is 33.4 Å². The van der Waals surface area contributed by atoms with E-state index < -0.39 is 40.3 Å². The van der Waals surface area contributed by atoms with Gasteiger partial charge in [0.15, 0.2) is 16.4 Å². The van der Waals surface area contributed by atoms with Gasteiger partial charge in [-0.05, 0) is 44.5 Å². The highest BCUT2D eigenvalue weighted by Crippen LogP contribution is 2.23. The Kier molecular flexibility index (Phi) is 6.83. The summed E-state index contributed by atoms with van der Waals surface area (Å²) in [4.78, 5) is 41.8. The van der Waals surface area contributed by atoms with E-state index in [0.29, 0.717) is 16.9 Å². The lowest BCUT2D eigenvalue weighted by Gasteiger charge is -2.27. The molecule has 0 spiro atoms. The van der Waals surface area contributed by atoms with Crippen LogP contribution in [0.4, 0.5) is 5.69 Å². The van der Waals surface area contributed by atoms with Crippen LogP contribution < -0.4 is 4.90 Å². The van der Waals surface area contributed by atoms with E-state index in [1.807, 2.05) is 0 Å². The molecule has 1 aromatic carbocycles. The number of anilines is 1. The smallest absolute Gasteiger partial charge is 0.355 e. The highest BCUT2D eigenvalue weighted by molar-refractivity contribution is 7.94. The second-order valence-corrected chi connectivity index (χ2v) is 9.18. The van der Waals surface area contributed by atoms with Crippen LogP contribution in [-0.2, 0) is 24.1 Å². The van der Waals surface area contributed by atoms with Gasteiger partial charge in [-0.15, -0.1) is 0 Å². The zero-order chi connectivity index (χ0) is 23.5. The first kappa shape index (κ1) is 23.3. The summed E-state index contributed by atoms with van der Waals surface area (Å²) in [5.74, 6) is -2.20. The Bertz CT molecular complexity index is 1170. The number of carbonyl (C=O) groups is 3. The number of aromatic amines is 1. The van der Waals surface area contributed by atoms with Crippen molar-refractivity contribution in [3.63, 3.8) is 0 Å². The van der Waals surface area contributed by atoms with Gasteiger partial charge in [-0.2, -0.15) is 0 Å². The number of aryl methyl sites for hydroxylation is 1. The van der Waals surface area contributed by atoms with Gasteiger partial charge in [0.2, 0.25) is 0 Å². The standard InChI is InChI=1S/C22H24N2O7S/c1-4-30-21(26)19-14(2)20(23-15(19)3)22(27)31-12-18(25)24(16-8-6-5-7-9-16)17-10-11-32(28,29)13-17/h5-11,17,23H,4,12-13H2,1-3H3. The molecule has 1 atom stereocenters. The van der Waals surface area contributed by atoms with E-state index >= 15 is 0 Å². The van der Waals surface area contributed by atoms with Crippen molar-refractivity contribution in [1.29, 1.82) is 0 Å². The molecule has 9 nitrogen and oxygen atoms in total. The number of esters is 2. The molecule has 1 amide bonds. The first-order valence-corrected chi connectivity index (χ1v) is 11.7. The van der Waals surface area contributed by atoms with E-state index in [4.69, 9.17) is 9.47 Å². The Morgan fingerprint density at radius 2 is 1.78 bits per heavy atom. The first-order chi connectivity index (χ1) is 15.1. The fourth-order valence-corrected chi connectivity index (χ4v) is 4.83. The number of hydrogen-bond donors (Lipinski definition) is 1. The molecule has 1 aliphatic heterocycles. The van der Waals surface area contributed by atoms with Gasteiger partial charge in [-0.25, -0.2) is 18.0 Å². The minimum Gasteiger partial charge on any atom is -0.462 e. The molecular weight excluding hydrogens is 436 g/mol. The minimum atomic E-state index is -3.41. The molecule has 3 rings (SSSR count). The SMILES string of the molecule is CCOC(=O)c1c(C)[nH]c(C(=O)OCC(=O)N(c2ccccc2)C2C=CS(=O)(=O)C2)c1C. The van der Waals surface area contributed by atoms with Crippen LogP contribution in [0.3, 0.4) is 0 Å². The predicted molar refractivity (Wildman–Crippen MR) is 117 cm³/mol. The summed E-state index contributed by atoms with van der Waals surface area (Å²) in [6.45, 7) is 4.48. The Morgan fingerprint density at radius 3 is 2.38 bits per heavy atom. The number of H-pyrrole nitrogens is 1. The van der Waals surface area contributed by atoms with E-state index in [9.17, 15) is 22.8 Å². The number of amides is 1. The van der Waals surface area contributed by atoms with E-state index in [1.54, 1.807) is 51.1 Å². The molecule has 170 valence electrons. The highest BCUT2D eigenvalue weighted by Gasteiger charge is 2.32. The van der Waals surface area contributed by atoms with Crippen LogP contribution in [0.1, 0.15) is 39.0 Å². The Balaban J connectivity index is 1.77. The van der Waals surface area contributed by atoms with Gasteiger partial charge in [-0.1, -0.05) is 18.2 Å². The summed E-state index contributed by atoms with van der Waals surface area (Å²) in [5, 5.41) is 1.08. The number of carbonyl (C=O) groups excluding carboxylic acids is 3. The number of hydrogen-bond acceptors (Lipinski definition) is 7. The number of sulfone groups is 1. The summed E-state index contributed by atoms with van der Waals surface area (Å²) < 4.78 is 34.0. The maximum absolute atomic E-state index is 13.0. The average molecular weight is 461 g/mol. The van der Waals surface area contributed by atoms with E-state index in [2.05, 4.69) is 4.98 Å². The second-order valence-electron chi connectivity index (χ2n) is 7.25. The van der Waals surface area contributed by atoms with Gasteiger partial charge in [0, 0.05) is 16.8 Å². The molecule has 2 aromatic rings. The number of aromatic nitrogens is 1. The zero-order valence-corrected chi connectivity index (χ0v) is 18.8. The first-order valence-electron chi connectivity index (χ1n) is 9.96. The van der Waals surface area contributed by atoms with Gasteiger partial charge in [0.25, 0.3) is 5.91 Å². The minimum absolute atomic E-state index is 0.0490. The van der Waals surface area contributed by atoms with Crippen molar-refractivity contribution in [1.82, 2.24) is 4.98 Å². The van der Waals surface area contributed by atoms with Crippen LogP contribution >= 0.6 is 0 Å². The van der Waals surface area contributed by atoms with Crippen LogP contribution in [0.25, 0.3) is 0 Å². The number of para-hydroxylation sites is 1. The molecule has 2 heterocycles. The second kappa shape index (κ2) is 9.39. The van der Waals surface area contributed by atoms with Crippen LogP contribution in [0.5, 0.6) is 0 Å². The number of nitrogens with one attached hydrogen (secondary N) is 1. The molecule has 0 radical (unpaired) electrons. The van der Waals surface area contributed by atoms with Crippen LogP contribution in [0.15, 0.2) is 41.8 Å². The molecule has 0 fully saturated rings. The molecule has 1 N–H and O–H groups in total. The van der Waals surface area contributed by atoms with Crippen molar-refractivity contribution in [3.8, 4) is 0 Å². The summed E-state index contributed by atoms with van der Waals surface area (Å²) in [7, 11) is -3.41. The van der Waals surface area contributed by atoms with Crippen LogP contribution in [-0.4, -0.2) is 56.3 Å². The Hall–Kier alpha value is -3.40. The number of nitrogens with zero attached hydrogens (tertiary/aromatic N) is 1. The Morgan fingerprint density at radius 1 is 1.09 bits per heavy atom. The van der Waals surface area contributed by atoms with Gasteiger partial charge < -0.3 is 19.4 Å². The topological polar surface area (TPSA) is 123 Å². The summed E-state index contributed by atoms with van der Waals surface area (Å²) in [5.41, 5.74) is 1.59. The van der Waals surface area contributed by atoms with Crippen LogP contribution in [0.2, 0.25) is 0 Å². The summed E-state index contributed by atoms with van der Waals surface area (Å²) in [6, 6.07) is 7.84. The third kappa shape index (κ3) is 4.91. The monoisotopic (exact) mass is 460 g/mol. The van der Waals surface area contributed by atoms with Crippen molar-refractivity contribution < 1.29 is 32.3 Å². The summed E-state index contributed by atoms with van der Waals surface area (Å²) >= 11 is 0. The number of rotatable bonds is 7. The van der Waals surface area contributed by atoms with E-state index in [-0.39, 0.29) is 23.6 Å². The van der Waals surface area contributed by atoms with Crippen molar-refractivity contribution in [2.45, 2.75) is 26.8 Å². The summed E-state index contributed by atoms with van der Waals surface area (Å²) in [6.07, 6.45) is 1.44. The van der Waals surface area contributed by atoms with Crippen molar-refractivity contribution in [2.75, 3.05) is 23.9 Å². The molecule has 0 saturated carbocycles. The maximum Gasteiger partial charge on any atom is 0.355 e. The van der Waals surface area contributed by atoms with E-state index in [1.165, 1.54) is 11.0 Å². The molecular formula is C22H24N2O7S. The maximum atomic E-state index is 13.0.